The van der Waals surface area contributed by atoms with E-state index in [0.717, 1.165) is 26.3 Å². The highest BCUT2D eigenvalue weighted by molar-refractivity contribution is 5.31. The van der Waals surface area contributed by atoms with Crippen molar-refractivity contribution in [1.29, 1.82) is 0 Å². The second-order valence-electron chi connectivity index (χ2n) is 6.49. The largest absolute Gasteiger partial charge is 0.381 e. The number of nitrogens with zero attached hydrogens (tertiary/aromatic N) is 1. The molecule has 0 saturated carbocycles. The van der Waals surface area contributed by atoms with Crippen LogP contribution in [0.3, 0.4) is 0 Å². The second kappa shape index (κ2) is 7.92. The van der Waals surface area contributed by atoms with Gasteiger partial charge in [0, 0.05) is 25.7 Å². The van der Waals surface area contributed by atoms with Crippen LogP contribution in [0.2, 0.25) is 0 Å². The lowest BCUT2D eigenvalue weighted by Crippen LogP contribution is -2.36. The van der Waals surface area contributed by atoms with E-state index in [1.165, 1.54) is 29.5 Å². The first kappa shape index (κ1) is 16.5. The molecule has 1 aliphatic rings. The van der Waals surface area contributed by atoms with Gasteiger partial charge in [0.25, 0.3) is 0 Å². The van der Waals surface area contributed by atoms with E-state index in [2.05, 4.69) is 56.4 Å². The van der Waals surface area contributed by atoms with Gasteiger partial charge in [-0.15, -0.1) is 0 Å². The molecule has 1 heterocycles. The fraction of sp³-hybridized carbons (Fsp3) is 0.667. The lowest BCUT2D eigenvalue weighted by Gasteiger charge is -2.30. The molecule has 3 heteroatoms. The summed E-state index contributed by atoms with van der Waals surface area (Å²) in [6, 6.07) is 7.18. The van der Waals surface area contributed by atoms with Gasteiger partial charge in [-0.2, -0.15) is 0 Å². The smallest absolute Gasteiger partial charge is 0.0506 e. The Labute approximate surface area is 129 Å². The molecule has 2 rings (SSSR count). The highest BCUT2D eigenvalue weighted by atomic mass is 16.5. The fourth-order valence-corrected chi connectivity index (χ4v) is 3.12. The lowest BCUT2D eigenvalue weighted by molar-refractivity contribution is 0.0410. The van der Waals surface area contributed by atoms with Gasteiger partial charge in [-0.3, -0.25) is 0 Å². The summed E-state index contributed by atoms with van der Waals surface area (Å²) in [7, 11) is 4.28. The van der Waals surface area contributed by atoms with Crippen molar-refractivity contribution in [3.63, 3.8) is 0 Å². The standard InChI is InChI=1S/C18H30N2O/c1-14-7-8-17(10-15(14)2)18(19-3)12-20(4)11-16-6-5-9-21-13-16/h7-8,10,16,18-19H,5-6,9,11-13H2,1-4H3. The molecule has 2 unspecified atom stereocenters. The number of hydrogen-bond acceptors (Lipinski definition) is 3. The fourth-order valence-electron chi connectivity index (χ4n) is 3.12. The molecule has 21 heavy (non-hydrogen) atoms. The molecule has 2 atom stereocenters. The molecule has 1 N–H and O–H groups in total. The molecule has 0 aromatic heterocycles. The number of nitrogens with one attached hydrogen (secondary N) is 1. The topological polar surface area (TPSA) is 24.5 Å². The van der Waals surface area contributed by atoms with Crippen LogP contribution in [0.4, 0.5) is 0 Å². The van der Waals surface area contributed by atoms with Crippen molar-refractivity contribution < 1.29 is 4.74 Å². The third kappa shape index (κ3) is 4.80. The Morgan fingerprint density at radius 2 is 2.14 bits per heavy atom. The number of likely N-dealkylation sites (N-methyl/N-ethyl adjacent to an activating group) is 2. The van der Waals surface area contributed by atoms with Crippen molar-refractivity contribution in [1.82, 2.24) is 10.2 Å². The average molecular weight is 290 g/mol. The third-order valence-electron chi connectivity index (χ3n) is 4.60. The maximum Gasteiger partial charge on any atom is 0.0506 e. The molecule has 0 radical (unpaired) electrons. The van der Waals surface area contributed by atoms with E-state index in [1.54, 1.807) is 0 Å². The molecule has 1 saturated heterocycles. The van der Waals surface area contributed by atoms with Crippen molar-refractivity contribution in [2.45, 2.75) is 32.7 Å². The van der Waals surface area contributed by atoms with Crippen LogP contribution < -0.4 is 5.32 Å². The minimum Gasteiger partial charge on any atom is -0.381 e. The van der Waals surface area contributed by atoms with Crippen LogP contribution in [0, 0.1) is 19.8 Å². The van der Waals surface area contributed by atoms with E-state index in [1.807, 2.05) is 0 Å². The number of aryl methyl sites for hydroxylation is 2. The summed E-state index contributed by atoms with van der Waals surface area (Å²) < 4.78 is 5.59. The molecule has 1 aromatic carbocycles. The Hall–Kier alpha value is -0.900. The van der Waals surface area contributed by atoms with Crippen LogP contribution in [-0.4, -0.2) is 45.3 Å². The molecular formula is C18H30N2O. The van der Waals surface area contributed by atoms with Crippen molar-refractivity contribution in [2.75, 3.05) is 40.4 Å². The second-order valence-corrected chi connectivity index (χ2v) is 6.49. The minimum atomic E-state index is 0.388. The molecular weight excluding hydrogens is 260 g/mol. The van der Waals surface area contributed by atoms with Crippen molar-refractivity contribution in [3.8, 4) is 0 Å². The summed E-state index contributed by atoms with van der Waals surface area (Å²) in [6.45, 7) is 8.40. The van der Waals surface area contributed by atoms with Crippen LogP contribution in [0.5, 0.6) is 0 Å². The van der Waals surface area contributed by atoms with Crippen LogP contribution in [0.15, 0.2) is 18.2 Å². The zero-order valence-electron chi connectivity index (χ0n) is 14.0. The third-order valence-corrected chi connectivity index (χ3v) is 4.60. The van der Waals surface area contributed by atoms with Gasteiger partial charge in [-0.05, 0) is 63.4 Å². The van der Waals surface area contributed by atoms with Gasteiger partial charge < -0.3 is 15.0 Å². The molecule has 0 spiro atoms. The van der Waals surface area contributed by atoms with Crippen LogP contribution in [0.1, 0.15) is 35.6 Å². The number of benzene rings is 1. The van der Waals surface area contributed by atoms with Crippen molar-refractivity contribution in [3.05, 3.63) is 34.9 Å². The monoisotopic (exact) mass is 290 g/mol. The predicted molar refractivity (Wildman–Crippen MR) is 88.8 cm³/mol. The molecule has 1 aromatic rings. The Balaban J connectivity index is 1.92. The van der Waals surface area contributed by atoms with Gasteiger partial charge in [0.1, 0.15) is 0 Å². The highest BCUT2D eigenvalue weighted by Gasteiger charge is 2.18. The molecule has 1 fully saturated rings. The first-order valence-corrected chi connectivity index (χ1v) is 8.11. The Morgan fingerprint density at radius 1 is 1.33 bits per heavy atom. The lowest BCUT2D eigenvalue weighted by atomic mass is 9.99. The van der Waals surface area contributed by atoms with E-state index >= 15 is 0 Å². The van der Waals surface area contributed by atoms with E-state index in [4.69, 9.17) is 4.74 Å². The molecule has 118 valence electrons. The summed E-state index contributed by atoms with van der Waals surface area (Å²) in [5.74, 6) is 0.695. The van der Waals surface area contributed by atoms with Crippen molar-refractivity contribution in [2.24, 2.45) is 5.92 Å². The van der Waals surface area contributed by atoms with E-state index in [9.17, 15) is 0 Å². The zero-order chi connectivity index (χ0) is 15.2. The number of ether oxygens (including phenoxy) is 1. The zero-order valence-corrected chi connectivity index (χ0v) is 14.0. The van der Waals surface area contributed by atoms with Gasteiger partial charge in [0.2, 0.25) is 0 Å². The molecule has 0 bridgehead atoms. The van der Waals surface area contributed by atoms with Gasteiger partial charge in [0.15, 0.2) is 0 Å². The minimum absolute atomic E-state index is 0.388. The summed E-state index contributed by atoms with van der Waals surface area (Å²) in [5.41, 5.74) is 4.12. The number of rotatable bonds is 6. The summed E-state index contributed by atoms with van der Waals surface area (Å²) in [5, 5.41) is 3.46. The van der Waals surface area contributed by atoms with Crippen LogP contribution in [0.25, 0.3) is 0 Å². The SMILES string of the molecule is CNC(CN(C)CC1CCCOC1)c1ccc(C)c(C)c1. The van der Waals surface area contributed by atoms with Gasteiger partial charge in [0.05, 0.1) is 6.61 Å². The van der Waals surface area contributed by atoms with Crippen LogP contribution >= 0.6 is 0 Å². The normalized spacial score (nSPS) is 20.7. The molecule has 3 nitrogen and oxygen atoms in total. The predicted octanol–water partition coefficient (Wildman–Crippen LogP) is 2.92. The molecule has 0 aliphatic carbocycles. The number of hydrogen-bond donors (Lipinski definition) is 1. The summed E-state index contributed by atoms with van der Waals surface area (Å²) in [4.78, 5) is 2.44. The molecule has 0 amide bonds. The van der Waals surface area contributed by atoms with Gasteiger partial charge in [-0.25, -0.2) is 0 Å². The van der Waals surface area contributed by atoms with Gasteiger partial charge >= 0.3 is 0 Å². The highest BCUT2D eigenvalue weighted by Crippen LogP contribution is 2.19. The van der Waals surface area contributed by atoms with Gasteiger partial charge in [-0.1, -0.05) is 18.2 Å². The van der Waals surface area contributed by atoms with E-state index < -0.39 is 0 Å². The Morgan fingerprint density at radius 3 is 2.76 bits per heavy atom. The summed E-state index contributed by atoms with van der Waals surface area (Å²) in [6.07, 6.45) is 2.52. The first-order chi connectivity index (χ1) is 10.1. The van der Waals surface area contributed by atoms with Crippen LogP contribution in [-0.2, 0) is 4.74 Å². The Kier molecular flexibility index (Phi) is 6.22. The quantitative estimate of drug-likeness (QED) is 0.872. The van der Waals surface area contributed by atoms with E-state index in [0.29, 0.717) is 12.0 Å². The molecule has 1 aliphatic heterocycles. The van der Waals surface area contributed by atoms with E-state index in [-0.39, 0.29) is 0 Å². The summed E-state index contributed by atoms with van der Waals surface area (Å²) >= 11 is 0. The maximum atomic E-state index is 5.59. The van der Waals surface area contributed by atoms with Crippen molar-refractivity contribution >= 4 is 0 Å². The Bertz CT molecular complexity index is 441. The maximum absolute atomic E-state index is 5.59. The average Bonchev–Trinajstić information content (AvgIpc) is 2.49. The first-order valence-electron chi connectivity index (χ1n) is 8.11.